The van der Waals surface area contributed by atoms with Gasteiger partial charge in [0.15, 0.2) is 0 Å². The molecule has 1 saturated heterocycles. The van der Waals surface area contributed by atoms with Gasteiger partial charge in [-0.1, -0.05) is 0 Å². The highest BCUT2D eigenvalue weighted by molar-refractivity contribution is 4.61. The van der Waals surface area contributed by atoms with Gasteiger partial charge in [0.1, 0.15) is 0 Å². The molecule has 0 aliphatic carbocycles. The Morgan fingerprint density at radius 2 is 2.57 bits per heavy atom. The standard InChI is InChI=1S/C5H10NO/c1-5-4-7-3-2-6-5/h5H,2-4H2,1H3. The van der Waals surface area contributed by atoms with Crippen LogP contribution >= 0.6 is 0 Å². The Bertz CT molecular complexity index is 50.0. The van der Waals surface area contributed by atoms with Crippen molar-refractivity contribution >= 4 is 0 Å². The molecule has 1 rings (SSSR count). The Kier molecular flexibility index (Phi) is 1.65. The summed E-state index contributed by atoms with van der Waals surface area (Å²) in [5.74, 6) is 0. The van der Waals surface area contributed by atoms with Gasteiger partial charge in [-0.25, -0.2) is 5.32 Å². The molecular weight excluding hydrogens is 90.1 g/mol. The smallest absolute Gasteiger partial charge is 0.0633 e. The lowest BCUT2D eigenvalue weighted by atomic mass is 10.3. The Balaban J connectivity index is 2.12. The van der Waals surface area contributed by atoms with Crippen molar-refractivity contribution in [3.63, 3.8) is 0 Å². The van der Waals surface area contributed by atoms with Gasteiger partial charge in [0, 0.05) is 12.6 Å². The van der Waals surface area contributed by atoms with Crippen LogP contribution in [0.25, 0.3) is 0 Å². The van der Waals surface area contributed by atoms with Crippen LogP contribution < -0.4 is 5.32 Å². The Labute approximate surface area is 43.9 Å². The van der Waals surface area contributed by atoms with Crippen LogP contribution in [0.2, 0.25) is 0 Å². The van der Waals surface area contributed by atoms with E-state index in [1.165, 1.54) is 0 Å². The molecule has 7 heavy (non-hydrogen) atoms. The van der Waals surface area contributed by atoms with Crippen LogP contribution in [0.15, 0.2) is 0 Å². The molecule has 2 nitrogen and oxygen atoms in total. The van der Waals surface area contributed by atoms with Gasteiger partial charge in [-0.15, -0.1) is 0 Å². The molecule has 1 fully saturated rings. The third-order valence-corrected chi connectivity index (χ3v) is 1.04. The van der Waals surface area contributed by atoms with Crippen LogP contribution in [-0.2, 0) is 4.74 Å². The van der Waals surface area contributed by atoms with Gasteiger partial charge in [-0.2, -0.15) is 0 Å². The van der Waals surface area contributed by atoms with E-state index in [9.17, 15) is 0 Å². The number of morpholine rings is 1. The molecule has 0 saturated carbocycles. The summed E-state index contributed by atoms with van der Waals surface area (Å²) in [6.45, 7) is 4.60. The molecule has 0 aromatic rings. The zero-order valence-corrected chi connectivity index (χ0v) is 4.55. The monoisotopic (exact) mass is 100 g/mol. The van der Waals surface area contributed by atoms with E-state index in [1.807, 2.05) is 0 Å². The van der Waals surface area contributed by atoms with Crippen molar-refractivity contribution in [1.82, 2.24) is 5.32 Å². The molecule has 0 aromatic carbocycles. The molecular formula is C5H10NO. The van der Waals surface area contributed by atoms with Gasteiger partial charge in [-0.3, -0.25) is 0 Å². The van der Waals surface area contributed by atoms with E-state index in [0.717, 1.165) is 19.8 Å². The van der Waals surface area contributed by atoms with E-state index in [1.54, 1.807) is 0 Å². The van der Waals surface area contributed by atoms with Crippen molar-refractivity contribution in [3.8, 4) is 0 Å². The number of nitrogens with zero attached hydrogens (tertiary/aromatic N) is 1. The van der Waals surface area contributed by atoms with Crippen LogP contribution in [0.1, 0.15) is 6.92 Å². The minimum atomic E-state index is 0.439. The minimum absolute atomic E-state index is 0.439. The van der Waals surface area contributed by atoms with Crippen LogP contribution in [0.5, 0.6) is 0 Å². The second kappa shape index (κ2) is 2.28. The van der Waals surface area contributed by atoms with Crippen molar-refractivity contribution in [3.05, 3.63) is 0 Å². The molecule has 41 valence electrons. The summed E-state index contributed by atoms with van der Waals surface area (Å²) in [7, 11) is 0. The van der Waals surface area contributed by atoms with E-state index >= 15 is 0 Å². The van der Waals surface area contributed by atoms with E-state index in [2.05, 4.69) is 12.2 Å². The van der Waals surface area contributed by atoms with Gasteiger partial charge >= 0.3 is 0 Å². The molecule has 0 spiro atoms. The summed E-state index contributed by atoms with van der Waals surface area (Å²) in [4.78, 5) is 0. The highest BCUT2D eigenvalue weighted by Crippen LogP contribution is 1.90. The fourth-order valence-electron chi connectivity index (χ4n) is 0.644. The molecule has 1 heterocycles. The molecule has 1 aliphatic rings. The molecule has 1 unspecified atom stereocenters. The van der Waals surface area contributed by atoms with Crippen molar-refractivity contribution in [2.24, 2.45) is 0 Å². The third-order valence-electron chi connectivity index (χ3n) is 1.04. The van der Waals surface area contributed by atoms with E-state index in [0.29, 0.717) is 6.04 Å². The number of rotatable bonds is 0. The Morgan fingerprint density at radius 3 is 2.86 bits per heavy atom. The molecule has 0 aromatic heterocycles. The molecule has 0 bridgehead atoms. The SMILES string of the molecule is CC1COCC[N]1. The zero-order chi connectivity index (χ0) is 5.11. The first-order valence-electron chi connectivity index (χ1n) is 2.64. The third kappa shape index (κ3) is 1.45. The molecule has 1 aliphatic heterocycles. The zero-order valence-electron chi connectivity index (χ0n) is 4.55. The lowest BCUT2D eigenvalue weighted by Crippen LogP contribution is -2.33. The summed E-state index contributed by atoms with van der Waals surface area (Å²) < 4.78 is 5.09. The van der Waals surface area contributed by atoms with Gasteiger partial charge in [-0.05, 0) is 6.92 Å². The first-order chi connectivity index (χ1) is 3.39. The highest BCUT2D eigenvalue weighted by atomic mass is 16.5. The summed E-state index contributed by atoms with van der Waals surface area (Å²) >= 11 is 0. The van der Waals surface area contributed by atoms with Crippen LogP contribution in [-0.4, -0.2) is 25.8 Å². The lowest BCUT2D eigenvalue weighted by Gasteiger charge is -2.17. The average Bonchev–Trinajstić information content (AvgIpc) is 1.69. The molecule has 0 N–H and O–H groups in total. The van der Waals surface area contributed by atoms with Gasteiger partial charge in [0.05, 0.1) is 13.2 Å². The highest BCUT2D eigenvalue weighted by Gasteiger charge is 2.06. The van der Waals surface area contributed by atoms with Crippen molar-refractivity contribution in [2.45, 2.75) is 13.0 Å². The summed E-state index contributed by atoms with van der Waals surface area (Å²) in [6.07, 6.45) is 0. The Morgan fingerprint density at radius 1 is 1.71 bits per heavy atom. The normalized spacial score (nSPS) is 33.0. The lowest BCUT2D eigenvalue weighted by molar-refractivity contribution is 0.0801. The van der Waals surface area contributed by atoms with Crippen molar-refractivity contribution in [2.75, 3.05) is 19.8 Å². The van der Waals surface area contributed by atoms with Gasteiger partial charge in [0.2, 0.25) is 0 Å². The van der Waals surface area contributed by atoms with Crippen LogP contribution in [0, 0.1) is 0 Å². The van der Waals surface area contributed by atoms with Gasteiger partial charge in [0.25, 0.3) is 0 Å². The van der Waals surface area contributed by atoms with E-state index in [-0.39, 0.29) is 0 Å². The maximum atomic E-state index is 5.09. The molecule has 1 atom stereocenters. The fraction of sp³-hybridized carbons (Fsp3) is 1.00. The van der Waals surface area contributed by atoms with Crippen LogP contribution in [0.3, 0.4) is 0 Å². The summed E-state index contributed by atoms with van der Waals surface area (Å²) in [5, 5.41) is 4.20. The largest absolute Gasteiger partial charge is 0.378 e. The summed E-state index contributed by atoms with van der Waals surface area (Å²) in [6, 6.07) is 0.439. The molecule has 1 radical (unpaired) electrons. The van der Waals surface area contributed by atoms with E-state index < -0.39 is 0 Å². The number of ether oxygens (including phenoxy) is 1. The topological polar surface area (TPSA) is 23.3 Å². The first-order valence-corrected chi connectivity index (χ1v) is 2.64. The van der Waals surface area contributed by atoms with Crippen LogP contribution in [0.4, 0.5) is 0 Å². The second-order valence-electron chi connectivity index (χ2n) is 1.83. The predicted octanol–water partition coefficient (Wildman–Crippen LogP) is 0.00950. The van der Waals surface area contributed by atoms with Crippen molar-refractivity contribution < 1.29 is 4.74 Å². The maximum Gasteiger partial charge on any atom is 0.0633 e. The number of hydrogen-bond acceptors (Lipinski definition) is 1. The first kappa shape index (κ1) is 5.06. The minimum Gasteiger partial charge on any atom is -0.378 e. The average molecular weight is 100 g/mol. The summed E-state index contributed by atoms with van der Waals surface area (Å²) in [5.41, 5.74) is 0. The van der Waals surface area contributed by atoms with E-state index in [4.69, 9.17) is 4.74 Å². The number of hydrogen-bond donors (Lipinski definition) is 0. The second-order valence-corrected chi connectivity index (χ2v) is 1.83. The molecule has 0 amide bonds. The van der Waals surface area contributed by atoms with Crippen molar-refractivity contribution in [1.29, 1.82) is 0 Å². The molecule has 2 heteroatoms. The maximum absolute atomic E-state index is 5.09. The van der Waals surface area contributed by atoms with Gasteiger partial charge < -0.3 is 4.74 Å². The Hall–Kier alpha value is -0.0800. The fourth-order valence-corrected chi connectivity index (χ4v) is 0.644. The quantitative estimate of drug-likeness (QED) is 0.420. The predicted molar refractivity (Wildman–Crippen MR) is 27.3 cm³/mol.